The molecule has 0 radical (unpaired) electrons. The number of nitrogens with one attached hydrogen (secondary N) is 1. The van der Waals surface area contributed by atoms with Gasteiger partial charge in [-0.3, -0.25) is 9.36 Å². The van der Waals surface area contributed by atoms with Crippen LogP contribution in [0.25, 0.3) is 16.7 Å². The number of nitrogens with zero attached hydrogens (tertiary/aromatic N) is 2. The number of aromatic nitrogens is 2. The second-order valence-corrected chi connectivity index (χ2v) is 8.57. The van der Waals surface area contributed by atoms with Crippen molar-refractivity contribution in [2.45, 2.75) is 26.3 Å². The maximum atomic E-state index is 12.0. The van der Waals surface area contributed by atoms with Gasteiger partial charge < -0.3 is 24.3 Å². The van der Waals surface area contributed by atoms with Crippen LogP contribution in [0.2, 0.25) is 0 Å². The molecular formula is C28H29N3O5. The number of hydrogen-bond donors (Lipinski definition) is 1. The summed E-state index contributed by atoms with van der Waals surface area (Å²) in [6.07, 6.45) is 0. The Morgan fingerprint density at radius 3 is 2.81 bits per heavy atom. The molecule has 186 valence electrons. The number of carbonyl (C=O) groups excluding carboxylic acids is 1. The lowest BCUT2D eigenvalue weighted by Gasteiger charge is -2.16. The van der Waals surface area contributed by atoms with E-state index in [1.54, 1.807) is 7.11 Å². The fourth-order valence-electron chi connectivity index (χ4n) is 4.58. The van der Waals surface area contributed by atoms with E-state index in [0.29, 0.717) is 31.5 Å². The number of esters is 1. The summed E-state index contributed by atoms with van der Waals surface area (Å²) < 4.78 is 24.0. The average Bonchev–Trinajstić information content (AvgIpc) is 3.48. The minimum Gasteiger partial charge on any atom is -0.497 e. The molecule has 8 heteroatoms. The van der Waals surface area contributed by atoms with Crippen LogP contribution in [0, 0.1) is 6.92 Å². The molecule has 1 unspecified atom stereocenters. The van der Waals surface area contributed by atoms with Crippen LogP contribution in [-0.2, 0) is 16.1 Å². The molecule has 3 aromatic carbocycles. The number of rotatable bonds is 8. The fourth-order valence-corrected chi connectivity index (χ4v) is 4.58. The third kappa shape index (κ3) is 4.19. The second kappa shape index (κ2) is 9.81. The van der Waals surface area contributed by atoms with Crippen molar-refractivity contribution in [3.63, 3.8) is 0 Å². The van der Waals surface area contributed by atoms with Crippen LogP contribution in [-0.4, -0.2) is 43.0 Å². The molecule has 1 N–H and O–H groups in total. The van der Waals surface area contributed by atoms with Gasteiger partial charge in [0.2, 0.25) is 0 Å². The number of methoxy groups -OCH3 is 2. The first kappa shape index (κ1) is 23.5. The molecule has 5 rings (SSSR count). The van der Waals surface area contributed by atoms with Crippen LogP contribution in [0.15, 0.2) is 54.6 Å². The summed E-state index contributed by atoms with van der Waals surface area (Å²) in [7, 11) is 3.05. The quantitative estimate of drug-likeness (QED) is 0.350. The van der Waals surface area contributed by atoms with E-state index in [1.165, 1.54) is 7.11 Å². The Labute approximate surface area is 209 Å². The van der Waals surface area contributed by atoms with Gasteiger partial charge >= 0.3 is 12.0 Å². The van der Waals surface area contributed by atoms with Gasteiger partial charge in [0.05, 0.1) is 37.5 Å². The van der Waals surface area contributed by atoms with E-state index in [9.17, 15) is 4.79 Å². The van der Waals surface area contributed by atoms with E-state index < -0.39 is 0 Å². The Bertz CT molecular complexity index is 1430. The van der Waals surface area contributed by atoms with Gasteiger partial charge in [-0.25, -0.2) is 0 Å². The first-order valence-electron chi connectivity index (χ1n) is 11.9. The highest BCUT2D eigenvalue weighted by atomic mass is 16.5. The van der Waals surface area contributed by atoms with Crippen molar-refractivity contribution in [3.8, 4) is 23.2 Å². The largest absolute Gasteiger partial charge is 0.497 e. The Morgan fingerprint density at radius 1 is 1.17 bits per heavy atom. The van der Waals surface area contributed by atoms with Crippen molar-refractivity contribution in [1.82, 2.24) is 9.55 Å². The maximum Gasteiger partial charge on any atom is 0.316 e. The highest BCUT2D eigenvalue weighted by molar-refractivity contribution is 5.82. The van der Waals surface area contributed by atoms with E-state index in [4.69, 9.17) is 23.9 Å². The lowest BCUT2D eigenvalue weighted by Crippen LogP contribution is -2.15. The molecular weight excluding hydrogens is 458 g/mol. The maximum absolute atomic E-state index is 12.0. The van der Waals surface area contributed by atoms with Crippen LogP contribution in [0.5, 0.6) is 17.5 Å². The molecule has 0 fully saturated rings. The monoisotopic (exact) mass is 487 g/mol. The summed E-state index contributed by atoms with van der Waals surface area (Å²) in [4.78, 5) is 16.7. The fraction of sp³-hybridized carbons (Fsp3) is 0.286. The predicted molar refractivity (Wildman–Crippen MR) is 138 cm³/mol. The number of imidazole rings is 1. The Kier molecular flexibility index (Phi) is 6.41. The number of ether oxygens (including phenoxy) is 4. The van der Waals surface area contributed by atoms with Crippen LogP contribution in [0.3, 0.4) is 0 Å². The lowest BCUT2D eigenvalue weighted by atomic mass is 10.0. The molecule has 36 heavy (non-hydrogen) atoms. The predicted octanol–water partition coefficient (Wildman–Crippen LogP) is 5.00. The highest BCUT2D eigenvalue weighted by Gasteiger charge is 2.31. The molecule has 1 aliphatic heterocycles. The van der Waals surface area contributed by atoms with Gasteiger partial charge in [-0.15, -0.1) is 0 Å². The number of anilines is 1. The third-order valence-corrected chi connectivity index (χ3v) is 6.53. The third-order valence-electron chi connectivity index (χ3n) is 6.53. The van der Waals surface area contributed by atoms with Gasteiger partial charge in [0.15, 0.2) is 0 Å². The Hall–Kier alpha value is -4.20. The summed E-state index contributed by atoms with van der Waals surface area (Å²) in [6, 6.07) is 18.4. The van der Waals surface area contributed by atoms with Gasteiger partial charge in [0, 0.05) is 29.9 Å². The van der Waals surface area contributed by atoms with E-state index in [2.05, 4.69) is 24.4 Å². The van der Waals surface area contributed by atoms with Gasteiger partial charge in [-0.2, -0.15) is 4.98 Å². The van der Waals surface area contributed by atoms with Crippen LogP contribution in [0.4, 0.5) is 5.69 Å². The first-order chi connectivity index (χ1) is 17.5. The standard InChI is InChI=1S/C28H29N3O5/c1-5-35-28-30-23-12-10-20(33-3)14-25(23)31(28)24-8-6-7-18(17(24)2)15-29-19-9-11-21-22(27(32)34-4)16-36-26(21)13-19/h6-14,22,29H,5,15-16H2,1-4H3. The zero-order valence-corrected chi connectivity index (χ0v) is 20.8. The molecule has 4 aromatic rings. The summed E-state index contributed by atoms with van der Waals surface area (Å²) in [5.74, 6) is 0.815. The van der Waals surface area contributed by atoms with Crippen molar-refractivity contribution in [1.29, 1.82) is 0 Å². The molecule has 0 spiro atoms. The lowest BCUT2D eigenvalue weighted by molar-refractivity contribution is -0.142. The molecule has 0 aliphatic carbocycles. The molecule has 2 heterocycles. The average molecular weight is 488 g/mol. The van der Waals surface area contributed by atoms with Crippen LogP contribution < -0.4 is 19.5 Å². The molecule has 1 aliphatic rings. The SMILES string of the molecule is CCOc1nc2ccc(OC)cc2n1-c1cccc(CNc2ccc3c(c2)OCC3C(=O)OC)c1C. The smallest absolute Gasteiger partial charge is 0.316 e. The van der Waals surface area contributed by atoms with Gasteiger partial charge in [-0.1, -0.05) is 18.2 Å². The van der Waals surface area contributed by atoms with E-state index in [-0.39, 0.29) is 11.9 Å². The molecule has 1 aromatic heterocycles. The van der Waals surface area contributed by atoms with Crippen molar-refractivity contribution < 1.29 is 23.7 Å². The molecule has 0 bridgehead atoms. The number of fused-ring (bicyclic) bond motifs is 2. The van der Waals surface area contributed by atoms with Crippen LogP contribution >= 0.6 is 0 Å². The zero-order chi connectivity index (χ0) is 25.2. The van der Waals surface area contributed by atoms with Gasteiger partial charge in [0.25, 0.3) is 0 Å². The van der Waals surface area contributed by atoms with Crippen molar-refractivity contribution in [2.75, 3.05) is 32.8 Å². The second-order valence-electron chi connectivity index (χ2n) is 8.57. The normalized spacial score (nSPS) is 14.3. The first-order valence-corrected chi connectivity index (χ1v) is 11.9. The topological polar surface area (TPSA) is 83.8 Å². The van der Waals surface area contributed by atoms with Crippen molar-refractivity contribution in [3.05, 3.63) is 71.3 Å². The number of hydrogen-bond acceptors (Lipinski definition) is 7. The minimum atomic E-state index is -0.374. The van der Waals surface area contributed by atoms with E-state index >= 15 is 0 Å². The Balaban J connectivity index is 1.44. The highest BCUT2D eigenvalue weighted by Crippen LogP contribution is 2.37. The van der Waals surface area contributed by atoms with Gasteiger partial charge in [-0.05, 0) is 49.2 Å². The minimum absolute atomic E-state index is 0.280. The summed E-state index contributed by atoms with van der Waals surface area (Å²) in [6.45, 7) is 5.47. The summed E-state index contributed by atoms with van der Waals surface area (Å²) in [5.41, 5.74) is 6.76. The number of benzene rings is 3. The van der Waals surface area contributed by atoms with Crippen LogP contribution in [0.1, 0.15) is 29.5 Å². The van der Waals surface area contributed by atoms with Crippen molar-refractivity contribution in [2.24, 2.45) is 0 Å². The molecule has 0 amide bonds. The number of carbonyl (C=O) groups is 1. The summed E-state index contributed by atoms with van der Waals surface area (Å²) in [5, 5.41) is 3.48. The van der Waals surface area contributed by atoms with Crippen molar-refractivity contribution >= 4 is 22.7 Å². The van der Waals surface area contributed by atoms with E-state index in [1.807, 2.05) is 54.0 Å². The zero-order valence-electron chi connectivity index (χ0n) is 20.8. The molecule has 0 saturated heterocycles. The molecule has 1 atom stereocenters. The van der Waals surface area contributed by atoms with E-state index in [0.717, 1.165) is 44.8 Å². The molecule has 8 nitrogen and oxygen atoms in total. The van der Waals surface area contributed by atoms with Gasteiger partial charge in [0.1, 0.15) is 24.0 Å². The summed E-state index contributed by atoms with van der Waals surface area (Å²) >= 11 is 0. The molecule has 0 saturated carbocycles. The Morgan fingerprint density at radius 2 is 2.03 bits per heavy atom.